The van der Waals surface area contributed by atoms with Crippen molar-refractivity contribution in [2.45, 2.75) is 19.3 Å². The molecule has 0 saturated carbocycles. The number of imidazole rings is 1. The number of pyridine rings is 1. The summed E-state index contributed by atoms with van der Waals surface area (Å²) in [5, 5.41) is 5.63. The Hall–Kier alpha value is -4.74. The zero-order chi connectivity index (χ0) is 27.8. The number of hydrogen-bond acceptors (Lipinski definition) is 8. The van der Waals surface area contributed by atoms with Crippen molar-refractivity contribution in [3.8, 4) is 17.0 Å². The number of nitrogens with one attached hydrogen (secondary N) is 2. The molecule has 40 heavy (non-hydrogen) atoms. The molecule has 4 aromatic rings. The second-order valence-corrected chi connectivity index (χ2v) is 10.1. The van der Waals surface area contributed by atoms with E-state index in [9.17, 15) is 9.59 Å². The lowest BCUT2D eigenvalue weighted by atomic mass is 9.82. The Balaban J connectivity index is 1.32. The molecular formula is C28H29FN8O3. The van der Waals surface area contributed by atoms with Gasteiger partial charge in [0, 0.05) is 61.8 Å². The minimum Gasteiger partial charge on any atom is -0.497 e. The third-order valence-electron chi connectivity index (χ3n) is 7.72. The molecule has 206 valence electrons. The van der Waals surface area contributed by atoms with Gasteiger partial charge < -0.3 is 26.0 Å². The van der Waals surface area contributed by atoms with Crippen molar-refractivity contribution in [3.63, 3.8) is 0 Å². The highest BCUT2D eigenvalue weighted by Crippen LogP contribution is 2.37. The van der Waals surface area contributed by atoms with E-state index in [0.717, 1.165) is 25.5 Å². The van der Waals surface area contributed by atoms with Gasteiger partial charge in [-0.1, -0.05) is 0 Å². The first-order chi connectivity index (χ1) is 19.4. The van der Waals surface area contributed by atoms with Gasteiger partial charge in [0.15, 0.2) is 0 Å². The zero-order valence-electron chi connectivity index (χ0n) is 21.9. The van der Waals surface area contributed by atoms with E-state index in [2.05, 4.69) is 25.5 Å². The van der Waals surface area contributed by atoms with Crippen molar-refractivity contribution >= 4 is 34.9 Å². The van der Waals surface area contributed by atoms with Gasteiger partial charge in [0.1, 0.15) is 34.4 Å². The molecule has 1 aromatic carbocycles. The summed E-state index contributed by atoms with van der Waals surface area (Å²) in [7, 11) is 1.51. The van der Waals surface area contributed by atoms with E-state index in [4.69, 9.17) is 15.5 Å². The Kier molecular flexibility index (Phi) is 6.66. The van der Waals surface area contributed by atoms with Crippen molar-refractivity contribution in [1.82, 2.24) is 24.7 Å². The Morgan fingerprint density at radius 3 is 2.88 bits per heavy atom. The molecule has 0 aliphatic carbocycles. The summed E-state index contributed by atoms with van der Waals surface area (Å²) in [5.41, 5.74) is 7.41. The molecule has 0 bridgehead atoms. The number of carbonyl (C=O) groups excluding carboxylic acids is 2. The summed E-state index contributed by atoms with van der Waals surface area (Å²) >= 11 is 0. The zero-order valence-corrected chi connectivity index (χ0v) is 21.9. The third kappa shape index (κ3) is 4.76. The van der Waals surface area contributed by atoms with Gasteiger partial charge in [-0.15, -0.1) is 0 Å². The van der Waals surface area contributed by atoms with E-state index < -0.39 is 11.7 Å². The van der Waals surface area contributed by atoms with Crippen LogP contribution in [0.15, 0.2) is 48.9 Å². The van der Waals surface area contributed by atoms with Gasteiger partial charge in [-0.3, -0.25) is 14.0 Å². The lowest BCUT2D eigenvalue weighted by Gasteiger charge is -2.37. The Labute approximate surface area is 229 Å². The number of nitrogens with two attached hydrogens (primary N) is 1. The summed E-state index contributed by atoms with van der Waals surface area (Å²) in [5.74, 6) is 1.26. The van der Waals surface area contributed by atoms with Gasteiger partial charge in [0.2, 0.25) is 11.9 Å². The highest BCUT2D eigenvalue weighted by atomic mass is 19.1. The number of fused-ring (bicyclic) bond motifs is 2. The molecule has 2 aliphatic heterocycles. The smallest absolute Gasteiger partial charge is 0.256 e. The number of carbonyl (C=O) groups is 2. The molecule has 2 fully saturated rings. The highest BCUT2D eigenvalue weighted by molar-refractivity contribution is 6.04. The number of amides is 2. The average Bonchev–Trinajstić information content (AvgIpc) is 3.24. The fourth-order valence-corrected chi connectivity index (χ4v) is 5.68. The van der Waals surface area contributed by atoms with Crippen molar-refractivity contribution < 1.29 is 18.7 Å². The predicted octanol–water partition coefficient (Wildman–Crippen LogP) is 3.13. The maximum absolute atomic E-state index is 15.6. The molecule has 2 saturated heterocycles. The van der Waals surface area contributed by atoms with Gasteiger partial charge in [-0.25, -0.2) is 19.3 Å². The van der Waals surface area contributed by atoms with Gasteiger partial charge in [0.05, 0.1) is 7.11 Å². The lowest BCUT2D eigenvalue weighted by Crippen LogP contribution is -2.41. The van der Waals surface area contributed by atoms with Crippen LogP contribution in [0.5, 0.6) is 5.75 Å². The SMILES string of the molecule is COc1ccnc(NC(=O)c2ccc(-c3nc(N4CCC5CCNC(=O)CC5C4)n4ccnc(N)c34)c(F)c2)c1. The quantitative estimate of drug-likeness (QED) is 0.348. The molecule has 2 aliphatic rings. The number of halogens is 1. The Morgan fingerprint density at radius 2 is 2.05 bits per heavy atom. The normalized spacial score (nSPS) is 19.1. The summed E-state index contributed by atoms with van der Waals surface area (Å²) in [6.45, 7) is 2.14. The number of piperidine rings is 1. The first kappa shape index (κ1) is 25.5. The maximum atomic E-state index is 15.6. The lowest BCUT2D eigenvalue weighted by molar-refractivity contribution is -0.121. The number of rotatable bonds is 5. The second-order valence-electron chi connectivity index (χ2n) is 10.1. The van der Waals surface area contributed by atoms with Crippen LogP contribution in [-0.4, -0.2) is 57.9 Å². The fraction of sp³-hybridized carbons (Fsp3) is 0.321. The topological polar surface area (TPSA) is 140 Å². The molecule has 11 nitrogen and oxygen atoms in total. The highest BCUT2D eigenvalue weighted by Gasteiger charge is 2.34. The maximum Gasteiger partial charge on any atom is 0.256 e. The van der Waals surface area contributed by atoms with Gasteiger partial charge in [-0.2, -0.15) is 0 Å². The van der Waals surface area contributed by atoms with E-state index in [0.29, 0.717) is 48.3 Å². The van der Waals surface area contributed by atoms with Crippen molar-refractivity contribution in [2.24, 2.45) is 11.8 Å². The van der Waals surface area contributed by atoms with Crippen molar-refractivity contribution in [1.29, 1.82) is 0 Å². The van der Waals surface area contributed by atoms with E-state index in [-0.39, 0.29) is 34.6 Å². The van der Waals surface area contributed by atoms with Gasteiger partial charge in [-0.05, 0) is 48.9 Å². The molecule has 12 heteroatoms. The predicted molar refractivity (Wildman–Crippen MR) is 148 cm³/mol. The van der Waals surface area contributed by atoms with Crippen LogP contribution in [0.4, 0.5) is 22.0 Å². The molecule has 2 atom stereocenters. The van der Waals surface area contributed by atoms with E-state index in [1.807, 2.05) is 4.40 Å². The van der Waals surface area contributed by atoms with E-state index in [1.54, 1.807) is 24.5 Å². The number of benzene rings is 1. The number of nitrogen functional groups attached to an aromatic ring is 1. The van der Waals surface area contributed by atoms with Crippen LogP contribution in [0.2, 0.25) is 0 Å². The van der Waals surface area contributed by atoms with Crippen LogP contribution in [0.1, 0.15) is 29.6 Å². The molecule has 2 amide bonds. The first-order valence-electron chi connectivity index (χ1n) is 13.2. The average molecular weight is 545 g/mol. The third-order valence-corrected chi connectivity index (χ3v) is 7.72. The van der Waals surface area contributed by atoms with Crippen LogP contribution in [0.3, 0.4) is 0 Å². The summed E-state index contributed by atoms with van der Waals surface area (Å²) in [6.07, 6.45) is 7.22. The minimum atomic E-state index is -0.625. The summed E-state index contributed by atoms with van der Waals surface area (Å²) < 4.78 is 22.6. The number of aromatic nitrogens is 4. The number of anilines is 3. The number of nitrogens with zero attached hydrogens (tertiary/aromatic N) is 5. The number of hydrogen-bond donors (Lipinski definition) is 3. The van der Waals surface area contributed by atoms with E-state index in [1.165, 1.54) is 25.4 Å². The molecular weight excluding hydrogens is 515 g/mol. The van der Waals surface area contributed by atoms with E-state index >= 15 is 4.39 Å². The fourth-order valence-electron chi connectivity index (χ4n) is 5.68. The van der Waals surface area contributed by atoms with Crippen LogP contribution in [0.25, 0.3) is 16.8 Å². The molecule has 3 aromatic heterocycles. The van der Waals surface area contributed by atoms with Crippen LogP contribution >= 0.6 is 0 Å². The molecule has 4 N–H and O–H groups in total. The summed E-state index contributed by atoms with van der Waals surface area (Å²) in [6, 6.07) is 7.44. The second kappa shape index (κ2) is 10.4. The Bertz CT molecular complexity index is 1610. The monoisotopic (exact) mass is 544 g/mol. The number of ether oxygens (including phenoxy) is 1. The molecule has 6 rings (SSSR count). The van der Waals surface area contributed by atoms with Crippen molar-refractivity contribution in [3.05, 3.63) is 60.3 Å². The first-order valence-corrected chi connectivity index (χ1v) is 13.2. The minimum absolute atomic E-state index is 0.0739. The summed E-state index contributed by atoms with van der Waals surface area (Å²) in [4.78, 5) is 40.3. The number of methoxy groups -OCH3 is 1. The molecule has 5 heterocycles. The van der Waals surface area contributed by atoms with Crippen LogP contribution in [-0.2, 0) is 4.79 Å². The van der Waals surface area contributed by atoms with Gasteiger partial charge >= 0.3 is 0 Å². The van der Waals surface area contributed by atoms with Crippen molar-refractivity contribution in [2.75, 3.05) is 42.7 Å². The largest absolute Gasteiger partial charge is 0.497 e. The molecule has 2 unspecified atom stereocenters. The molecule has 0 spiro atoms. The van der Waals surface area contributed by atoms with Crippen LogP contribution in [0, 0.1) is 17.7 Å². The van der Waals surface area contributed by atoms with Crippen LogP contribution < -0.4 is 26.0 Å². The Morgan fingerprint density at radius 1 is 1.18 bits per heavy atom. The molecule has 0 radical (unpaired) electrons. The standard InChI is InChI=1S/C28H29FN8O3/c1-40-19-5-8-31-22(14-19)34-27(39)17-2-3-20(21(29)12-17)24-25-26(30)33-9-11-37(25)28(35-24)36-10-6-16-4-7-32-23(38)13-18(16)15-36/h2-3,5,8-9,11-12,14,16,18H,4,6-7,10,13,15H2,1H3,(H2,30,33)(H,32,38)(H,31,34,39). The van der Waals surface area contributed by atoms with Gasteiger partial charge in [0.25, 0.3) is 5.91 Å².